The molecule has 0 aliphatic carbocycles. The van der Waals surface area contributed by atoms with Gasteiger partial charge in [-0.1, -0.05) is 6.07 Å². The zero-order valence-corrected chi connectivity index (χ0v) is 14.4. The number of thiophene rings is 1. The number of nitrogens with zero attached hydrogens (tertiary/aromatic N) is 2. The quantitative estimate of drug-likeness (QED) is 0.834. The van der Waals surface area contributed by atoms with Crippen LogP contribution in [0.2, 0.25) is 0 Å². The van der Waals surface area contributed by atoms with Crippen LogP contribution in [0.25, 0.3) is 0 Å². The van der Waals surface area contributed by atoms with Gasteiger partial charge in [-0.3, -0.25) is 4.90 Å². The predicted molar refractivity (Wildman–Crippen MR) is 86.7 cm³/mol. The van der Waals surface area contributed by atoms with E-state index >= 15 is 0 Å². The number of piperazine rings is 1. The monoisotopic (exact) mass is 310 g/mol. The Morgan fingerprint density at radius 1 is 1.43 bits per heavy atom. The molecule has 0 N–H and O–H groups in total. The van der Waals surface area contributed by atoms with Crippen LogP contribution in [0.15, 0.2) is 17.5 Å². The van der Waals surface area contributed by atoms with Crippen LogP contribution < -0.4 is 0 Å². The number of hydrogen-bond donors (Lipinski definition) is 0. The highest BCUT2D eigenvalue weighted by molar-refractivity contribution is 7.10. The van der Waals surface area contributed by atoms with Crippen LogP contribution in [0.1, 0.15) is 45.5 Å². The Morgan fingerprint density at radius 3 is 2.67 bits per heavy atom. The molecule has 2 rings (SSSR count). The van der Waals surface area contributed by atoms with E-state index in [1.165, 1.54) is 4.88 Å². The molecule has 0 saturated carbocycles. The number of hydrogen-bond acceptors (Lipinski definition) is 4. The van der Waals surface area contributed by atoms with Crippen molar-refractivity contribution in [2.24, 2.45) is 0 Å². The number of amides is 1. The van der Waals surface area contributed by atoms with Crippen LogP contribution in [0.4, 0.5) is 4.79 Å². The minimum atomic E-state index is -0.432. The van der Waals surface area contributed by atoms with Crippen molar-refractivity contribution in [3.63, 3.8) is 0 Å². The molecule has 0 spiro atoms. The standard InChI is InChI=1S/C16H26N2O2S/c1-12-11-17(13(2)14-7-6-10-21-14)8-9-18(12)15(19)20-16(3,4)5/h6-7,10,12-13H,8-9,11H2,1-5H3. The van der Waals surface area contributed by atoms with E-state index in [1.54, 1.807) is 11.3 Å². The average Bonchev–Trinajstić information content (AvgIpc) is 2.89. The normalized spacial score (nSPS) is 22.1. The van der Waals surface area contributed by atoms with E-state index in [9.17, 15) is 4.79 Å². The summed E-state index contributed by atoms with van der Waals surface area (Å²) in [6.07, 6.45) is -0.196. The molecule has 2 atom stereocenters. The Bertz CT molecular complexity index is 467. The first-order valence-electron chi connectivity index (χ1n) is 7.55. The Balaban J connectivity index is 1.94. The topological polar surface area (TPSA) is 32.8 Å². The zero-order chi connectivity index (χ0) is 15.6. The molecule has 1 saturated heterocycles. The summed E-state index contributed by atoms with van der Waals surface area (Å²) in [6, 6.07) is 4.86. The first kappa shape index (κ1) is 16.3. The molecule has 0 aromatic carbocycles. The molecule has 1 amide bonds. The zero-order valence-electron chi connectivity index (χ0n) is 13.6. The van der Waals surface area contributed by atoms with Crippen molar-refractivity contribution in [3.05, 3.63) is 22.4 Å². The van der Waals surface area contributed by atoms with Gasteiger partial charge in [-0.15, -0.1) is 11.3 Å². The molecule has 0 radical (unpaired) electrons. The summed E-state index contributed by atoms with van der Waals surface area (Å²) in [6.45, 7) is 12.6. The summed E-state index contributed by atoms with van der Waals surface area (Å²) in [5.74, 6) is 0. The molecule has 1 aliphatic heterocycles. The lowest BCUT2D eigenvalue weighted by atomic mass is 10.1. The Morgan fingerprint density at radius 2 is 2.14 bits per heavy atom. The van der Waals surface area contributed by atoms with E-state index in [0.29, 0.717) is 6.04 Å². The highest BCUT2D eigenvalue weighted by Gasteiger charge is 2.32. The first-order valence-corrected chi connectivity index (χ1v) is 8.43. The van der Waals surface area contributed by atoms with Crippen molar-refractivity contribution < 1.29 is 9.53 Å². The van der Waals surface area contributed by atoms with Crippen LogP contribution in [0.5, 0.6) is 0 Å². The molecule has 1 aromatic heterocycles. The Kier molecular flexibility index (Phi) is 4.94. The molecular formula is C16H26N2O2S. The molecule has 1 aromatic rings. The second kappa shape index (κ2) is 6.36. The number of ether oxygens (including phenoxy) is 1. The predicted octanol–water partition coefficient (Wildman–Crippen LogP) is 3.75. The van der Waals surface area contributed by atoms with E-state index in [2.05, 4.69) is 36.3 Å². The van der Waals surface area contributed by atoms with Crippen LogP contribution in [-0.4, -0.2) is 47.2 Å². The Labute approximate surface area is 131 Å². The highest BCUT2D eigenvalue weighted by atomic mass is 32.1. The van der Waals surface area contributed by atoms with Gasteiger partial charge >= 0.3 is 6.09 Å². The maximum Gasteiger partial charge on any atom is 0.410 e. The summed E-state index contributed by atoms with van der Waals surface area (Å²) in [5, 5.41) is 2.12. The van der Waals surface area contributed by atoms with Crippen LogP contribution in [0.3, 0.4) is 0 Å². The van der Waals surface area contributed by atoms with E-state index in [-0.39, 0.29) is 12.1 Å². The largest absolute Gasteiger partial charge is 0.444 e. The third-order valence-electron chi connectivity index (χ3n) is 3.79. The molecule has 2 unspecified atom stereocenters. The van der Waals surface area contributed by atoms with E-state index in [0.717, 1.165) is 19.6 Å². The molecule has 4 nitrogen and oxygen atoms in total. The van der Waals surface area contributed by atoms with E-state index in [4.69, 9.17) is 4.74 Å². The number of carbonyl (C=O) groups is 1. The fourth-order valence-electron chi connectivity index (χ4n) is 2.64. The van der Waals surface area contributed by atoms with Gasteiger partial charge in [0.1, 0.15) is 5.60 Å². The van der Waals surface area contributed by atoms with Gasteiger partial charge in [0.05, 0.1) is 0 Å². The Hall–Kier alpha value is -1.07. The van der Waals surface area contributed by atoms with E-state index in [1.807, 2.05) is 25.7 Å². The van der Waals surface area contributed by atoms with Crippen LogP contribution in [-0.2, 0) is 4.74 Å². The lowest BCUT2D eigenvalue weighted by Crippen LogP contribution is -2.55. The fraction of sp³-hybridized carbons (Fsp3) is 0.688. The molecule has 2 heterocycles. The van der Waals surface area contributed by atoms with Gasteiger partial charge in [-0.05, 0) is 46.1 Å². The van der Waals surface area contributed by atoms with Crippen molar-refractivity contribution >= 4 is 17.4 Å². The lowest BCUT2D eigenvalue weighted by molar-refractivity contribution is -0.00328. The van der Waals surface area contributed by atoms with Crippen molar-refractivity contribution in [1.29, 1.82) is 0 Å². The molecule has 1 aliphatic rings. The van der Waals surface area contributed by atoms with Crippen molar-refractivity contribution in [1.82, 2.24) is 9.80 Å². The summed E-state index contributed by atoms with van der Waals surface area (Å²) < 4.78 is 5.49. The number of carbonyl (C=O) groups excluding carboxylic acids is 1. The van der Waals surface area contributed by atoms with Crippen LogP contribution in [0, 0.1) is 0 Å². The fourth-order valence-corrected chi connectivity index (χ4v) is 3.46. The smallest absolute Gasteiger partial charge is 0.410 e. The number of rotatable bonds is 2. The summed E-state index contributed by atoms with van der Waals surface area (Å²) in [4.78, 5) is 17.9. The third-order valence-corrected chi connectivity index (χ3v) is 4.83. The third kappa shape index (κ3) is 4.20. The van der Waals surface area contributed by atoms with Gasteiger partial charge in [0.25, 0.3) is 0 Å². The molecule has 118 valence electrons. The van der Waals surface area contributed by atoms with Crippen molar-refractivity contribution in [2.75, 3.05) is 19.6 Å². The second-order valence-electron chi connectivity index (χ2n) is 6.71. The lowest BCUT2D eigenvalue weighted by Gasteiger charge is -2.42. The molecule has 0 bridgehead atoms. The molecule has 21 heavy (non-hydrogen) atoms. The van der Waals surface area contributed by atoms with Crippen LogP contribution >= 0.6 is 11.3 Å². The first-order chi connectivity index (χ1) is 9.78. The van der Waals surface area contributed by atoms with Gasteiger partial charge in [-0.2, -0.15) is 0 Å². The van der Waals surface area contributed by atoms with Gasteiger partial charge < -0.3 is 9.64 Å². The van der Waals surface area contributed by atoms with Gasteiger partial charge in [0.15, 0.2) is 0 Å². The van der Waals surface area contributed by atoms with Gasteiger partial charge in [0.2, 0.25) is 0 Å². The molecule has 1 fully saturated rings. The van der Waals surface area contributed by atoms with E-state index < -0.39 is 5.60 Å². The van der Waals surface area contributed by atoms with Crippen molar-refractivity contribution in [2.45, 2.75) is 52.3 Å². The maximum absolute atomic E-state index is 12.2. The minimum Gasteiger partial charge on any atom is -0.444 e. The second-order valence-corrected chi connectivity index (χ2v) is 7.69. The minimum absolute atomic E-state index is 0.177. The summed E-state index contributed by atoms with van der Waals surface area (Å²) in [5.41, 5.74) is -0.432. The SMILES string of the molecule is CC(c1cccs1)N1CCN(C(=O)OC(C)(C)C)C(C)C1. The van der Waals surface area contributed by atoms with Gasteiger partial charge in [0, 0.05) is 36.6 Å². The summed E-state index contributed by atoms with van der Waals surface area (Å²) >= 11 is 1.79. The van der Waals surface area contributed by atoms with Crippen molar-refractivity contribution in [3.8, 4) is 0 Å². The summed E-state index contributed by atoms with van der Waals surface area (Å²) in [7, 11) is 0. The maximum atomic E-state index is 12.2. The van der Waals surface area contributed by atoms with Gasteiger partial charge in [-0.25, -0.2) is 4.79 Å². The highest BCUT2D eigenvalue weighted by Crippen LogP contribution is 2.27. The average molecular weight is 310 g/mol. The molecule has 5 heteroatoms. The molecular weight excluding hydrogens is 284 g/mol.